The zero-order valence-corrected chi connectivity index (χ0v) is 8.08. The van der Waals surface area contributed by atoms with Crippen LogP contribution >= 0.6 is 0 Å². The molecule has 0 aromatic carbocycles. The van der Waals surface area contributed by atoms with Crippen LogP contribution in [0.3, 0.4) is 0 Å². The summed E-state index contributed by atoms with van der Waals surface area (Å²) < 4.78 is 0. The first-order valence-electron chi connectivity index (χ1n) is 4.69. The summed E-state index contributed by atoms with van der Waals surface area (Å²) in [5, 5.41) is 9.61. The summed E-state index contributed by atoms with van der Waals surface area (Å²) in [6, 6.07) is 0.497. The van der Waals surface area contributed by atoms with Crippen LogP contribution in [0, 0.1) is 0 Å². The van der Waals surface area contributed by atoms with Gasteiger partial charge in [0.2, 0.25) is 0 Å². The van der Waals surface area contributed by atoms with Crippen molar-refractivity contribution < 1.29 is 5.11 Å². The monoisotopic (exact) mass is 172 g/mol. The van der Waals surface area contributed by atoms with Gasteiger partial charge >= 0.3 is 0 Å². The van der Waals surface area contributed by atoms with Crippen LogP contribution in [0.25, 0.3) is 0 Å². The van der Waals surface area contributed by atoms with Gasteiger partial charge in [0.25, 0.3) is 0 Å². The molecule has 3 N–H and O–H groups in total. The second kappa shape index (κ2) is 3.73. The Kier molecular flexibility index (Phi) is 3.09. The van der Waals surface area contributed by atoms with Gasteiger partial charge in [0.15, 0.2) is 0 Å². The minimum Gasteiger partial charge on any atom is -0.389 e. The van der Waals surface area contributed by atoms with Gasteiger partial charge in [-0.15, -0.1) is 0 Å². The Hall–Kier alpha value is -0.120. The third-order valence-electron chi connectivity index (χ3n) is 2.36. The Bertz CT molecular complexity index is 142. The predicted octanol–water partition coefficient (Wildman–Crippen LogP) is 0.180. The van der Waals surface area contributed by atoms with Crippen LogP contribution in [0.2, 0.25) is 0 Å². The maximum atomic E-state index is 9.61. The van der Waals surface area contributed by atoms with Gasteiger partial charge in [-0.05, 0) is 33.2 Å². The first kappa shape index (κ1) is 9.96. The normalized spacial score (nSPS) is 26.5. The highest BCUT2D eigenvalue weighted by Crippen LogP contribution is 2.18. The highest BCUT2D eigenvalue weighted by molar-refractivity contribution is 4.83. The number of aliphatic hydroxyl groups is 1. The third kappa shape index (κ3) is 2.73. The van der Waals surface area contributed by atoms with Crippen LogP contribution in [-0.4, -0.2) is 41.3 Å². The van der Waals surface area contributed by atoms with Crippen LogP contribution in [0.5, 0.6) is 0 Å². The number of nitrogens with two attached hydrogens (primary N) is 1. The van der Waals surface area contributed by atoms with E-state index in [9.17, 15) is 5.11 Å². The van der Waals surface area contributed by atoms with E-state index < -0.39 is 5.60 Å². The molecule has 0 aliphatic carbocycles. The molecule has 3 nitrogen and oxygen atoms in total. The lowest BCUT2D eigenvalue weighted by atomic mass is 10.1. The van der Waals surface area contributed by atoms with Crippen molar-refractivity contribution in [2.24, 2.45) is 5.73 Å². The maximum Gasteiger partial charge on any atom is 0.0718 e. The molecule has 12 heavy (non-hydrogen) atoms. The number of nitrogens with zero attached hydrogens (tertiary/aromatic N) is 1. The minimum atomic E-state index is -0.586. The SMILES string of the molecule is CC(C)(O)CN1CCCC1CN. The molecule has 0 saturated carbocycles. The highest BCUT2D eigenvalue weighted by atomic mass is 16.3. The average molecular weight is 172 g/mol. The molecule has 1 saturated heterocycles. The first-order valence-corrected chi connectivity index (χ1v) is 4.69. The summed E-state index contributed by atoms with van der Waals surface area (Å²) in [4.78, 5) is 2.29. The van der Waals surface area contributed by atoms with Gasteiger partial charge in [-0.1, -0.05) is 0 Å². The number of hydrogen-bond acceptors (Lipinski definition) is 3. The van der Waals surface area contributed by atoms with Gasteiger partial charge in [0.05, 0.1) is 5.60 Å². The fourth-order valence-electron chi connectivity index (χ4n) is 1.87. The molecule has 3 heteroatoms. The van der Waals surface area contributed by atoms with E-state index in [1.165, 1.54) is 12.8 Å². The van der Waals surface area contributed by atoms with Crippen molar-refractivity contribution in [3.8, 4) is 0 Å². The fourth-order valence-corrected chi connectivity index (χ4v) is 1.87. The van der Waals surface area contributed by atoms with Gasteiger partial charge in [-0.2, -0.15) is 0 Å². The molecular formula is C9H20N2O. The van der Waals surface area contributed by atoms with Crippen LogP contribution in [0.4, 0.5) is 0 Å². The zero-order valence-electron chi connectivity index (χ0n) is 8.08. The minimum absolute atomic E-state index is 0.497. The van der Waals surface area contributed by atoms with Crippen LogP contribution in [0.1, 0.15) is 26.7 Å². The molecule has 1 rings (SSSR count). The van der Waals surface area contributed by atoms with E-state index in [2.05, 4.69) is 4.90 Å². The topological polar surface area (TPSA) is 49.5 Å². The van der Waals surface area contributed by atoms with E-state index in [1.807, 2.05) is 13.8 Å². The molecule has 1 unspecified atom stereocenters. The number of β-amino-alcohol motifs (C(OH)–C–C–N with tert-alkyl or cyclic N) is 1. The molecule has 0 amide bonds. The lowest BCUT2D eigenvalue weighted by Gasteiger charge is -2.29. The quantitative estimate of drug-likeness (QED) is 0.638. The van der Waals surface area contributed by atoms with Crippen molar-refractivity contribution in [1.29, 1.82) is 0 Å². The van der Waals surface area contributed by atoms with Gasteiger partial charge < -0.3 is 10.8 Å². The molecule has 1 heterocycles. The Morgan fingerprint density at radius 1 is 1.58 bits per heavy atom. The fraction of sp³-hybridized carbons (Fsp3) is 1.00. The Labute approximate surface area is 74.5 Å². The largest absolute Gasteiger partial charge is 0.389 e. The van der Waals surface area contributed by atoms with Crippen LogP contribution in [-0.2, 0) is 0 Å². The third-order valence-corrected chi connectivity index (χ3v) is 2.36. The van der Waals surface area contributed by atoms with E-state index in [-0.39, 0.29) is 0 Å². The molecular weight excluding hydrogens is 152 g/mol. The Morgan fingerprint density at radius 2 is 2.25 bits per heavy atom. The molecule has 0 aromatic rings. The second-order valence-electron chi connectivity index (χ2n) is 4.31. The van der Waals surface area contributed by atoms with Crippen molar-refractivity contribution in [3.05, 3.63) is 0 Å². The molecule has 0 radical (unpaired) electrons. The smallest absolute Gasteiger partial charge is 0.0718 e. The van der Waals surface area contributed by atoms with E-state index in [0.717, 1.165) is 19.6 Å². The highest BCUT2D eigenvalue weighted by Gasteiger charge is 2.27. The Morgan fingerprint density at radius 3 is 2.75 bits per heavy atom. The molecule has 1 atom stereocenters. The number of likely N-dealkylation sites (tertiary alicyclic amines) is 1. The molecule has 1 aliphatic rings. The van der Waals surface area contributed by atoms with Crippen molar-refractivity contribution in [2.45, 2.75) is 38.3 Å². The van der Waals surface area contributed by atoms with Crippen LogP contribution < -0.4 is 5.73 Å². The Balaban J connectivity index is 2.41. The molecule has 0 aromatic heterocycles. The van der Waals surface area contributed by atoms with Gasteiger partial charge in [0.1, 0.15) is 0 Å². The van der Waals surface area contributed by atoms with Gasteiger partial charge in [0, 0.05) is 19.1 Å². The van der Waals surface area contributed by atoms with Crippen molar-refractivity contribution in [3.63, 3.8) is 0 Å². The van der Waals surface area contributed by atoms with Gasteiger partial charge in [-0.25, -0.2) is 0 Å². The molecule has 0 bridgehead atoms. The second-order valence-corrected chi connectivity index (χ2v) is 4.31. The molecule has 0 spiro atoms. The first-order chi connectivity index (χ1) is 5.53. The van der Waals surface area contributed by atoms with E-state index in [0.29, 0.717) is 6.04 Å². The summed E-state index contributed by atoms with van der Waals surface area (Å²) in [7, 11) is 0. The van der Waals surface area contributed by atoms with Gasteiger partial charge in [-0.3, -0.25) is 4.90 Å². The molecule has 1 aliphatic heterocycles. The summed E-state index contributed by atoms with van der Waals surface area (Å²) in [6.45, 7) is 6.24. The van der Waals surface area contributed by atoms with E-state index >= 15 is 0 Å². The lowest BCUT2D eigenvalue weighted by Crippen LogP contribution is -2.43. The lowest BCUT2D eigenvalue weighted by molar-refractivity contribution is 0.0330. The van der Waals surface area contributed by atoms with Crippen LogP contribution in [0.15, 0.2) is 0 Å². The van der Waals surface area contributed by atoms with Crippen molar-refractivity contribution in [2.75, 3.05) is 19.6 Å². The number of rotatable bonds is 3. The molecule has 1 fully saturated rings. The predicted molar refractivity (Wildman–Crippen MR) is 49.9 cm³/mol. The summed E-state index contributed by atoms with van der Waals surface area (Å²) in [6.07, 6.45) is 2.41. The van der Waals surface area contributed by atoms with Crippen molar-refractivity contribution in [1.82, 2.24) is 4.90 Å². The van der Waals surface area contributed by atoms with E-state index in [4.69, 9.17) is 5.73 Å². The maximum absolute atomic E-state index is 9.61. The summed E-state index contributed by atoms with van der Waals surface area (Å²) in [5.41, 5.74) is 5.03. The van der Waals surface area contributed by atoms with E-state index in [1.54, 1.807) is 0 Å². The zero-order chi connectivity index (χ0) is 9.19. The standard InChI is InChI=1S/C9H20N2O/c1-9(2,12)7-11-5-3-4-8(11)6-10/h8,12H,3-7,10H2,1-2H3. The summed E-state index contributed by atoms with van der Waals surface area (Å²) >= 11 is 0. The summed E-state index contributed by atoms with van der Waals surface area (Å²) in [5.74, 6) is 0. The molecule has 72 valence electrons. The van der Waals surface area contributed by atoms with Crippen molar-refractivity contribution >= 4 is 0 Å². The number of hydrogen-bond donors (Lipinski definition) is 2. The average Bonchev–Trinajstić information content (AvgIpc) is 2.31.